The normalized spacial score (nSPS) is 12.7. The zero-order valence-corrected chi connectivity index (χ0v) is 11.0. The summed E-state index contributed by atoms with van der Waals surface area (Å²) in [5.41, 5.74) is 3.35. The first kappa shape index (κ1) is 12.1. The molecule has 4 heteroatoms. The molecule has 0 aliphatic carbocycles. The number of hydrogen-bond acceptors (Lipinski definition) is 2. The summed E-state index contributed by atoms with van der Waals surface area (Å²) in [5, 5.41) is 8.43. The van der Waals surface area contributed by atoms with Crippen LogP contribution in [0.3, 0.4) is 0 Å². The largest absolute Gasteiger partial charge is 0.308 e. The average molecular weight is 250 g/mol. The molecular formula is C13H16ClN3. The van der Waals surface area contributed by atoms with E-state index in [0.29, 0.717) is 0 Å². The Kier molecular flexibility index (Phi) is 3.50. The predicted octanol–water partition coefficient (Wildman–Crippen LogP) is 2.69. The Balaban J connectivity index is 2.39. The lowest BCUT2D eigenvalue weighted by Gasteiger charge is -2.17. The Labute approximate surface area is 106 Å². The minimum atomic E-state index is 0.137. The van der Waals surface area contributed by atoms with Crippen LogP contribution in [0.15, 0.2) is 30.3 Å². The average Bonchev–Trinajstić information content (AvgIpc) is 2.62. The van der Waals surface area contributed by atoms with Crippen LogP contribution in [0.5, 0.6) is 0 Å². The maximum Gasteiger partial charge on any atom is 0.0745 e. The highest BCUT2D eigenvalue weighted by Gasteiger charge is 2.16. The molecule has 1 aromatic heterocycles. The fraction of sp³-hybridized carbons (Fsp3) is 0.308. The van der Waals surface area contributed by atoms with E-state index >= 15 is 0 Å². The highest BCUT2D eigenvalue weighted by Crippen LogP contribution is 2.23. The molecule has 0 fully saturated rings. The predicted molar refractivity (Wildman–Crippen MR) is 70.3 cm³/mol. The molecule has 0 aliphatic rings. The molecule has 1 aromatic carbocycles. The van der Waals surface area contributed by atoms with Crippen molar-refractivity contribution in [3.8, 4) is 0 Å². The summed E-state index contributed by atoms with van der Waals surface area (Å²) in [6.45, 7) is 2.00. The van der Waals surface area contributed by atoms with Gasteiger partial charge in [0.1, 0.15) is 0 Å². The maximum atomic E-state index is 5.90. The molecule has 0 bridgehead atoms. The van der Waals surface area contributed by atoms with Crippen LogP contribution in [0, 0.1) is 6.92 Å². The van der Waals surface area contributed by atoms with Crippen molar-refractivity contribution in [1.82, 2.24) is 15.1 Å². The Morgan fingerprint density at radius 1 is 1.29 bits per heavy atom. The van der Waals surface area contributed by atoms with Crippen LogP contribution in [0.4, 0.5) is 0 Å². The second kappa shape index (κ2) is 4.90. The van der Waals surface area contributed by atoms with Gasteiger partial charge in [0, 0.05) is 12.1 Å². The summed E-state index contributed by atoms with van der Waals surface area (Å²) < 4.78 is 1.91. The van der Waals surface area contributed by atoms with Crippen LogP contribution in [0.25, 0.3) is 0 Å². The third-order valence-corrected chi connectivity index (χ3v) is 3.08. The van der Waals surface area contributed by atoms with Crippen LogP contribution in [0.1, 0.15) is 23.0 Å². The van der Waals surface area contributed by atoms with Gasteiger partial charge in [0.15, 0.2) is 0 Å². The molecule has 0 radical (unpaired) electrons. The number of aryl methyl sites for hydroxylation is 2. The quantitative estimate of drug-likeness (QED) is 0.907. The van der Waals surface area contributed by atoms with E-state index in [2.05, 4.69) is 16.5 Å². The molecule has 0 saturated carbocycles. The molecule has 90 valence electrons. The standard InChI is InChI=1S/C13H16ClN3/c1-9-8-12(17(3)16-9)13(15-2)10-4-6-11(14)7-5-10/h4-8,13,15H,1-3H3. The molecule has 1 N–H and O–H groups in total. The van der Waals surface area contributed by atoms with Gasteiger partial charge in [-0.3, -0.25) is 4.68 Å². The van der Waals surface area contributed by atoms with Crippen molar-refractivity contribution in [3.05, 3.63) is 52.3 Å². The molecule has 1 atom stereocenters. The van der Waals surface area contributed by atoms with E-state index < -0.39 is 0 Å². The maximum absolute atomic E-state index is 5.90. The summed E-state index contributed by atoms with van der Waals surface area (Å²) in [5.74, 6) is 0. The van der Waals surface area contributed by atoms with E-state index in [1.807, 2.05) is 50.0 Å². The minimum Gasteiger partial charge on any atom is -0.308 e. The zero-order chi connectivity index (χ0) is 12.4. The minimum absolute atomic E-state index is 0.137. The Hall–Kier alpha value is -1.32. The van der Waals surface area contributed by atoms with E-state index in [9.17, 15) is 0 Å². The van der Waals surface area contributed by atoms with Crippen molar-refractivity contribution < 1.29 is 0 Å². The number of aromatic nitrogens is 2. The van der Waals surface area contributed by atoms with Crippen LogP contribution in [-0.4, -0.2) is 16.8 Å². The smallest absolute Gasteiger partial charge is 0.0745 e. The molecule has 3 nitrogen and oxygen atoms in total. The van der Waals surface area contributed by atoms with E-state index in [1.165, 1.54) is 5.56 Å². The molecule has 17 heavy (non-hydrogen) atoms. The molecule has 2 aromatic rings. The highest BCUT2D eigenvalue weighted by molar-refractivity contribution is 6.30. The lowest BCUT2D eigenvalue weighted by molar-refractivity contribution is 0.605. The summed E-state index contributed by atoms with van der Waals surface area (Å²) >= 11 is 5.90. The van der Waals surface area contributed by atoms with Crippen LogP contribution < -0.4 is 5.32 Å². The molecule has 1 unspecified atom stereocenters. The van der Waals surface area contributed by atoms with Gasteiger partial charge in [-0.2, -0.15) is 5.10 Å². The van der Waals surface area contributed by atoms with E-state index in [1.54, 1.807) is 0 Å². The van der Waals surface area contributed by atoms with Crippen molar-refractivity contribution in [2.45, 2.75) is 13.0 Å². The summed E-state index contributed by atoms with van der Waals surface area (Å²) in [6.07, 6.45) is 0. The number of benzene rings is 1. The van der Waals surface area contributed by atoms with Gasteiger partial charge >= 0.3 is 0 Å². The summed E-state index contributed by atoms with van der Waals surface area (Å²) in [7, 11) is 3.91. The van der Waals surface area contributed by atoms with Gasteiger partial charge in [-0.25, -0.2) is 0 Å². The first-order valence-electron chi connectivity index (χ1n) is 5.55. The van der Waals surface area contributed by atoms with Crippen molar-refractivity contribution in [2.24, 2.45) is 7.05 Å². The summed E-state index contributed by atoms with van der Waals surface area (Å²) in [6, 6.07) is 10.1. The first-order chi connectivity index (χ1) is 8.11. The van der Waals surface area contributed by atoms with Crippen LogP contribution in [-0.2, 0) is 7.05 Å². The van der Waals surface area contributed by atoms with Gasteiger partial charge in [-0.1, -0.05) is 23.7 Å². The molecule has 0 spiro atoms. The lowest BCUT2D eigenvalue weighted by Crippen LogP contribution is -2.20. The molecule has 0 saturated heterocycles. The highest BCUT2D eigenvalue weighted by atomic mass is 35.5. The van der Waals surface area contributed by atoms with Crippen molar-refractivity contribution >= 4 is 11.6 Å². The third-order valence-electron chi connectivity index (χ3n) is 2.83. The molecule has 0 aliphatic heterocycles. The second-order valence-corrected chi connectivity index (χ2v) is 4.54. The second-order valence-electron chi connectivity index (χ2n) is 4.11. The topological polar surface area (TPSA) is 29.9 Å². The molecule has 2 rings (SSSR count). The van der Waals surface area contributed by atoms with Crippen LogP contribution >= 0.6 is 11.6 Å². The molecular weight excluding hydrogens is 234 g/mol. The fourth-order valence-electron chi connectivity index (χ4n) is 2.04. The monoisotopic (exact) mass is 249 g/mol. The van der Waals surface area contributed by atoms with Gasteiger partial charge in [0.2, 0.25) is 0 Å². The summed E-state index contributed by atoms with van der Waals surface area (Å²) in [4.78, 5) is 0. The zero-order valence-electron chi connectivity index (χ0n) is 10.2. The van der Waals surface area contributed by atoms with Gasteiger partial charge in [0.05, 0.1) is 17.4 Å². The van der Waals surface area contributed by atoms with E-state index in [4.69, 9.17) is 11.6 Å². The Bertz CT molecular complexity index is 502. The Morgan fingerprint density at radius 2 is 1.94 bits per heavy atom. The van der Waals surface area contributed by atoms with Crippen LogP contribution in [0.2, 0.25) is 5.02 Å². The SMILES string of the molecule is CNC(c1ccc(Cl)cc1)c1cc(C)nn1C. The van der Waals surface area contributed by atoms with Crippen molar-refractivity contribution in [2.75, 3.05) is 7.05 Å². The molecule has 1 heterocycles. The van der Waals surface area contributed by atoms with Gasteiger partial charge < -0.3 is 5.32 Å². The van der Waals surface area contributed by atoms with Gasteiger partial charge in [0.25, 0.3) is 0 Å². The van der Waals surface area contributed by atoms with Crippen molar-refractivity contribution in [3.63, 3.8) is 0 Å². The van der Waals surface area contributed by atoms with E-state index in [0.717, 1.165) is 16.4 Å². The van der Waals surface area contributed by atoms with Gasteiger partial charge in [-0.05, 0) is 37.7 Å². The number of halogens is 1. The van der Waals surface area contributed by atoms with Crippen molar-refractivity contribution in [1.29, 1.82) is 0 Å². The Morgan fingerprint density at radius 3 is 2.41 bits per heavy atom. The van der Waals surface area contributed by atoms with E-state index in [-0.39, 0.29) is 6.04 Å². The third kappa shape index (κ3) is 2.51. The number of rotatable bonds is 3. The first-order valence-corrected chi connectivity index (χ1v) is 5.93. The van der Waals surface area contributed by atoms with Gasteiger partial charge in [-0.15, -0.1) is 0 Å². The number of hydrogen-bond donors (Lipinski definition) is 1. The number of nitrogens with one attached hydrogen (secondary N) is 1. The fourth-order valence-corrected chi connectivity index (χ4v) is 2.17. The lowest BCUT2D eigenvalue weighted by atomic mass is 10.0. The number of nitrogens with zero attached hydrogens (tertiary/aromatic N) is 2. The molecule has 0 amide bonds.